The second-order valence-corrected chi connectivity index (χ2v) is 21.4. The molecule has 3 N–H and O–H groups in total. The van der Waals surface area contributed by atoms with Crippen LogP contribution in [0, 0.1) is 0 Å². The van der Waals surface area contributed by atoms with Crippen molar-refractivity contribution in [2.24, 2.45) is 0 Å². The number of carbonyl (C=O) groups is 2. The molecule has 0 aromatic carbocycles. The maximum atomic E-state index is 12.5. The first-order valence-electron chi connectivity index (χ1n) is 31.1. The average Bonchev–Trinajstić information content (AvgIpc) is 3.35. The van der Waals surface area contributed by atoms with E-state index in [0.29, 0.717) is 19.4 Å². The summed E-state index contributed by atoms with van der Waals surface area (Å²) in [5, 5.41) is 23.2. The van der Waals surface area contributed by atoms with Crippen LogP contribution in [0.4, 0.5) is 0 Å². The molecular weight excluding hydrogens is 851 g/mol. The fourth-order valence-electron chi connectivity index (χ4n) is 9.69. The number of aliphatic hydroxyl groups is 2. The monoisotopic (exact) mass is 972 g/mol. The third kappa shape index (κ3) is 55.5. The molecule has 0 aromatic heterocycles. The molecule has 0 saturated heterocycles. The van der Waals surface area contributed by atoms with Gasteiger partial charge in [-0.3, -0.25) is 9.59 Å². The van der Waals surface area contributed by atoms with Crippen LogP contribution in [-0.2, 0) is 14.3 Å². The summed E-state index contributed by atoms with van der Waals surface area (Å²) in [6, 6.07) is -0.635. The predicted octanol–water partition coefficient (Wildman–Crippen LogP) is 19.4. The zero-order chi connectivity index (χ0) is 50.0. The molecule has 0 radical (unpaired) electrons. The Kier molecular flexibility index (Phi) is 57.5. The molecule has 6 nitrogen and oxygen atoms in total. The third-order valence-corrected chi connectivity index (χ3v) is 14.5. The molecule has 1 amide bonds. The van der Waals surface area contributed by atoms with Gasteiger partial charge in [0.25, 0.3) is 0 Å². The number of ether oxygens (including phenoxy) is 1. The number of hydrogen-bond donors (Lipinski definition) is 3. The molecule has 0 aliphatic heterocycles. The van der Waals surface area contributed by atoms with Crippen molar-refractivity contribution in [2.75, 3.05) is 13.2 Å². The number of hydrogen-bond acceptors (Lipinski definition) is 5. The van der Waals surface area contributed by atoms with Crippen molar-refractivity contribution < 1.29 is 24.5 Å². The van der Waals surface area contributed by atoms with E-state index >= 15 is 0 Å². The second-order valence-electron chi connectivity index (χ2n) is 21.4. The Hall–Kier alpha value is -1.66. The summed E-state index contributed by atoms with van der Waals surface area (Å²) in [6.07, 6.45) is 72.1. The number of aliphatic hydroxyl groups excluding tert-OH is 2. The molecule has 69 heavy (non-hydrogen) atoms. The molecule has 0 heterocycles. The zero-order valence-electron chi connectivity index (χ0n) is 46.6. The first-order chi connectivity index (χ1) is 34.0. The Balaban J connectivity index is 3.45. The molecule has 0 aliphatic rings. The lowest BCUT2D eigenvalue weighted by Gasteiger charge is -2.20. The zero-order valence-corrected chi connectivity index (χ0v) is 46.6. The maximum Gasteiger partial charge on any atom is 0.305 e. The molecule has 408 valence electrons. The average molecular weight is 973 g/mol. The molecule has 2 unspecified atom stereocenters. The van der Waals surface area contributed by atoms with Gasteiger partial charge in [0.15, 0.2) is 0 Å². The van der Waals surface area contributed by atoms with Gasteiger partial charge in [0.2, 0.25) is 5.91 Å². The molecule has 0 spiro atoms. The molecule has 0 bridgehead atoms. The molecule has 6 heteroatoms. The van der Waals surface area contributed by atoms with E-state index in [1.807, 2.05) is 6.08 Å². The second kappa shape index (κ2) is 58.9. The predicted molar refractivity (Wildman–Crippen MR) is 301 cm³/mol. The minimum absolute atomic E-state index is 0.00270. The normalized spacial score (nSPS) is 12.7. The number of amides is 1. The van der Waals surface area contributed by atoms with Crippen molar-refractivity contribution in [1.82, 2.24) is 5.32 Å². The van der Waals surface area contributed by atoms with Gasteiger partial charge in [-0.15, -0.1) is 0 Å². The Bertz CT molecular complexity index is 1080. The molecule has 0 saturated carbocycles. The fraction of sp³-hybridized carbons (Fsp3) is 0.905. The topological polar surface area (TPSA) is 95.9 Å². The first kappa shape index (κ1) is 67.3. The van der Waals surface area contributed by atoms with E-state index in [4.69, 9.17) is 4.74 Å². The third-order valence-electron chi connectivity index (χ3n) is 14.5. The van der Waals surface area contributed by atoms with Crippen LogP contribution in [-0.4, -0.2) is 47.4 Å². The van der Waals surface area contributed by atoms with E-state index in [1.54, 1.807) is 6.08 Å². The molecule has 0 rings (SSSR count). The van der Waals surface area contributed by atoms with Crippen molar-refractivity contribution in [1.29, 1.82) is 0 Å². The van der Waals surface area contributed by atoms with Crippen molar-refractivity contribution in [2.45, 2.75) is 353 Å². The van der Waals surface area contributed by atoms with E-state index in [-0.39, 0.29) is 18.5 Å². The van der Waals surface area contributed by atoms with Gasteiger partial charge < -0.3 is 20.3 Å². The minimum Gasteiger partial charge on any atom is -0.466 e. The van der Waals surface area contributed by atoms with Crippen molar-refractivity contribution >= 4 is 11.9 Å². The van der Waals surface area contributed by atoms with Crippen LogP contribution < -0.4 is 5.32 Å². The van der Waals surface area contributed by atoms with Crippen molar-refractivity contribution in [3.8, 4) is 0 Å². The van der Waals surface area contributed by atoms with Crippen LogP contribution in [0.15, 0.2) is 24.3 Å². The largest absolute Gasteiger partial charge is 0.466 e. The summed E-state index contributed by atoms with van der Waals surface area (Å²) in [5.74, 6) is -0.0765. The lowest BCUT2D eigenvalue weighted by Crippen LogP contribution is -2.45. The van der Waals surface area contributed by atoms with Gasteiger partial charge in [0.05, 0.1) is 25.4 Å². The highest BCUT2D eigenvalue weighted by Gasteiger charge is 2.18. The standard InChI is InChI=1S/C63H121NO5/c1-3-5-7-9-11-13-15-17-19-21-23-24-27-31-35-39-43-47-51-55-61(66)60(59-65)64-62(67)56-52-48-44-40-36-32-28-26-30-34-38-42-46-50-54-58-69-63(68)57-53-49-45-41-37-33-29-25-22-20-18-16-14-12-10-8-6-4-2/h20,22,51,55,60-61,65-66H,3-19,21,23-50,52-54,56-59H2,1-2H3,(H,64,67)/b22-20-,55-51+. The Morgan fingerprint density at radius 1 is 0.391 bits per heavy atom. The van der Waals surface area contributed by atoms with Gasteiger partial charge >= 0.3 is 5.97 Å². The van der Waals surface area contributed by atoms with E-state index in [9.17, 15) is 19.8 Å². The fourth-order valence-corrected chi connectivity index (χ4v) is 9.69. The van der Waals surface area contributed by atoms with Crippen LogP contribution in [0.5, 0.6) is 0 Å². The molecular formula is C63H121NO5. The van der Waals surface area contributed by atoms with Gasteiger partial charge in [0.1, 0.15) is 0 Å². The molecule has 0 aliphatic carbocycles. The van der Waals surface area contributed by atoms with Gasteiger partial charge in [-0.1, -0.05) is 295 Å². The highest BCUT2D eigenvalue weighted by Crippen LogP contribution is 2.17. The number of unbranched alkanes of at least 4 members (excludes halogenated alkanes) is 45. The lowest BCUT2D eigenvalue weighted by atomic mass is 10.0. The maximum absolute atomic E-state index is 12.5. The van der Waals surface area contributed by atoms with Crippen molar-refractivity contribution in [3.63, 3.8) is 0 Å². The number of rotatable bonds is 58. The van der Waals surface area contributed by atoms with Crippen LogP contribution in [0.3, 0.4) is 0 Å². The highest BCUT2D eigenvalue weighted by atomic mass is 16.5. The smallest absolute Gasteiger partial charge is 0.305 e. The minimum atomic E-state index is -0.851. The Labute approximate surface area is 431 Å². The summed E-state index contributed by atoms with van der Waals surface area (Å²) in [7, 11) is 0. The van der Waals surface area contributed by atoms with Gasteiger partial charge in [-0.25, -0.2) is 0 Å². The van der Waals surface area contributed by atoms with Crippen LogP contribution in [0.2, 0.25) is 0 Å². The summed E-state index contributed by atoms with van der Waals surface area (Å²) in [5.41, 5.74) is 0. The lowest BCUT2D eigenvalue weighted by molar-refractivity contribution is -0.143. The summed E-state index contributed by atoms with van der Waals surface area (Å²) >= 11 is 0. The van der Waals surface area contributed by atoms with E-state index in [1.165, 1.54) is 263 Å². The Morgan fingerprint density at radius 2 is 0.681 bits per heavy atom. The van der Waals surface area contributed by atoms with Crippen LogP contribution >= 0.6 is 0 Å². The van der Waals surface area contributed by atoms with E-state index in [2.05, 4.69) is 31.3 Å². The van der Waals surface area contributed by atoms with Crippen molar-refractivity contribution in [3.05, 3.63) is 24.3 Å². The molecule has 0 aromatic rings. The summed E-state index contributed by atoms with van der Waals surface area (Å²) in [4.78, 5) is 24.6. The SMILES string of the molecule is CCCCCCCCC/C=C\CCCCCCCCCC(=O)OCCCCCCCCCCCCCCCCCC(=O)NC(CO)C(O)/C=C/CCCCCCCCCCCCCCCCCCC. The molecule has 2 atom stereocenters. The summed E-state index contributed by atoms with van der Waals surface area (Å²) in [6.45, 7) is 4.91. The number of allylic oxidation sites excluding steroid dienone is 3. The first-order valence-corrected chi connectivity index (χ1v) is 31.1. The number of nitrogens with one attached hydrogen (secondary N) is 1. The Morgan fingerprint density at radius 3 is 1.03 bits per heavy atom. The number of carbonyl (C=O) groups excluding carboxylic acids is 2. The van der Waals surface area contributed by atoms with Gasteiger partial charge in [-0.05, 0) is 57.8 Å². The van der Waals surface area contributed by atoms with Crippen LogP contribution in [0.1, 0.15) is 341 Å². The van der Waals surface area contributed by atoms with Gasteiger partial charge in [0, 0.05) is 12.8 Å². The number of esters is 1. The van der Waals surface area contributed by atoms with Crippen LogP contribution in [0.25, 0.3) is 0 Å². The van der Waals surface area contributed by atoms with E-state index in [0.717, 1.165) is 51.4 Å². The highest BCUT2D eigenvalue weighted by molar-refractivity contribution is 5.76. The summed E-state index contributed by atoms with van der Waals surface area (Å²) < 4.78 is 5.49. The molecule has 0 fully saturated rings. The quantitative estimate of drug-likeness (QED) is 0.0321. The van der Waals surface area contributed by atoms with E-state index < -0.39 is 12.1 Å². The van der Waals surface area contributed by atoms with Gasteiger partial charge in [-0.2, -0.15) is 0 Å².